The van der Waals surface area contributed by atoms with Crippen molar-refractivity contribution in [1.82, 2.24) is 0 Å². The van der Waals surface area contributed by atoms with Crippen LogP contribution in [0.2, 0.25) is 0 Å². The lowest BCUT2D eigenvalue weighted by molar-refractivity contribution is -0.114. The van der Waals surface area contributed by atoms with Gasteiger partial charge < -0.3 is 16.4 Å². The third-order valence-corrected chi connectivity index (χ3v) is 3.78. The van der Waals surface area contributed by atoms with E-state index in [1.165, 1.54) is 18.1 Å². The van der Waals surface area contributed by atoms with E-state index in [4.69, 9.17) is 5.73 Å². The van der Waals surface area contributed by atoms with E-state index < -0.39 is 0 Å². The van der Waals surface area contributed by atoms with E-state index in [-0.39, 0.29) is 18.0 Å². The normalized spacial score (nSPS) is 19.9. The molecule has 0 heterocycles. The molecule has 4 nitrogen and oxygen atoms in total. The molecule has 3 rings (SSSR count). The molecule has 0 aromatic heterocycles. The molecule has 21 heavy (non-hydrogen) atoms. The standard InChI is InChI=1S/C17H19N3O/c1-11(21)19-12-5-4-6-13(9-12)20-17-10-16(18)14-7-2-3-8-15(14)17/h2-9,16-17,20H,10,18H2,1H3,(H,19,21). The van der Waals surface area contributed by atoms with Gasteiger partial charge in [0.05, 0.1) is 6.04 Å². The summed E-state index contributed by atoms with van der Waals surface area (Å²) < 4.78 is 0. The zero-order valence-electron chi connectivity index (χ0n) is 12.0. The molecule has 4 heteroatoms. The van der Waals surface area contributed by atoms with E-state index in [0.717, 1.165) is 17.8 Å². The monoisotopic (exact) mass is 281 g/mol. The summed E-state index contributed by atoms with van der Waals surface area (Å²) >= 11 is 0. The number of hydrogen-bond acceptors (Lipinski definition) is 3. The van der Waals surface area contributed by atoms with Crippen LogP contribution in [0.3, 0.4) is 0 Å². The Bertz CT molecular complexity index is 669. The zero-order valence-corrected chi connectivity index (χ0v) is 12.0. The number of nitrogens with one attached hydrogen (secondary N) is 2. The minimum atomic E-state index is -0.0691. The minimum Gasteiger partial charge on any atom is -0.378 e. The zero-order chi connectivity index (χ0) is 14.8. The molecule has 2 aromatic rings. The number of rotatable bonds is 3. The van der Waals surface area contributed by atoms with Crippen molar-refractivity contribution in [2.45, 2.75) is 25.4 Å². The smallest absolute Gasteiger partial charge is 0.221 e. The lowest BCUT2D eigenvalue weighted by Crippen LogP contribution is -2.10. The first-order valence-corrected chi connectivity index (χ1v) is 7.12. The molecule has 0 radical (unpaired) electrons. The Kier molecular flexibility index (Phi) is 3.62. The van der Waals surface area contributed by atoms with Gasteiger partial charge in [-0.15, -0.1) is 0 Å². The Labute approximate surface area is 124 Å². The minimum absolute atomic E-state index is 0.0691. The lowest BCUT2D eigenvalue weighted by atomic mass is 10.1. The number of amides is 1. The molecule has 0 spiro atoms. The summed E-state index contributed by atoms with van der Waals surface area (Å²) in [7, 11) is 0. The molecule has 1 aliphatic rings. The van der Waals surface area contributed by atoms with Crippen LogP contribution in [0.5, 0.6) is 0 Å². The summed E-state index contributed by atoms with van der Waals surface area (Å²) in [5, 5.41) is 6.30. The maximum absolute atomic E-state index is 11.1. The maximum atomic E-state index is 11.1. The molecule has 0 saturated heterocycles. The third kappa shape index (κ3) is 2.90. The maximum Gasteiger partial charge on any atom is 0.221 e. The van der Waals surface area contributed by atoms with E-state index in [9.17, 15) is 4.79 Å². The Morgan fingerprint density at radius 3 is 2.57 bits per heavy atom. The number of anilines is 2. The van der Waals surface area contributed by atoms with Crippen molar-refractivity contribution in [2.75, 3.05) is 10.6 Å². The molecule has 0 aliphatic heterocycles. The Balaban J connectivity index is 1.80. The molecule has 1 amide bonds. The highest BCUT2D eigenvalue weighted by molar-refractivity contribution is 5.89. The highest BCUT2D eigenvalue weighted by Gasteiger charge is 2.27. The fourth-order valence-corrected chi connectivity index (χ4v) is 2.90. The average molecular weight is 281 g/mol. The number of benzene rings is 2. The van der Waals surface area contributed by atoms with Crippen LogP contribution >= 0.6 is 0 Å². The second kappa shape index (κ2) is 5.58. The SMILES string of the molecule is CC(=O)Nc1cccc(NC2CC(N)c3ccccc32)c1. The number of nitrogens with two attached hydrogens (primary N) is 1. The van der Waals surface area contributed by atoms with Gasteiger partial charge in [-0.3, -0.25) is 4.79 Å². The molecular formula is C17H19N3O. The van der Waals surface area contributed by atoms with Crippen molar-refractivity contribution in [3.63, 3.8) is 0 Å². The van der Waals surface area contributed by atoms with Crippen LogP contribution in [-0.4, -0.2) is 5.91 Å². The lowest BCUT2D eigenvalue weighted by Gasteiger charge is -2.16. The number of carbonyl (C=O) groups excluding carboxylic acids is 1. The summed E-state index contributed by atoms with van der Waals surface area (Å²) in [5.74, 6) is -0.0691. The first kappa shape index (κ1) is 13.6. The van der Waals surface area contributed by atoms with Crippen LogP contribution in [0.15, 0.2) is 48.5 Å². The van der Waals surface area contributed by atoms with Gasteiger partial charge in [-0.25, -0.2) is 0 Å². The van der Waals surface area contributed by atoms with Gasteiger partial charge in [-0.1, -0.05) is 30.3 Å². The molecule has 4 N–H and O–H groups in total. The van der Waals surface area contributed by atoms with Crippen LogP contribution < -0.4 is 16.4 Å². The van der Waals surface area contributed by atoms with E-state index in [1.807, 2.05) is 36.4 Å². The van der Waals surface area contributed by atoms with Crippen LogP contribution in [0.1, 0.15) is 36.6 Å². The van der Waals surface area contributed by atoms with Crippen LogP contribution in [0.4, 0.5) is 11.4 Å². The first-order valence-electron chi connectivity index (χ1n) is 7.12. The number of fused-ring (bicyclic) bond motifs is 1. The van der Waals surface area contributed by atoms with E-state index >= 15 is 0 Å². The fraction of sp³-hybridized carbons (Fsp3) is 0.235. The Hall–Kier alpha value is -2.33. The van der Waals surface area contributed by atoms with E-state index in [1.54, 1.807) is 0 Å². The predicted octanol–water partition coefficient (Wildman–Crippen LogP) is 3.20. The van der Waals surface area contributed by atoms with Gasteiger partial charge in [-0.05, 0) is 35.7 Å². The Morgan fingerprint density at radius 1 is 1.10 bits per heavy atom. The van der Waals surface area contributed by atoms with Crippen molar-refractivity contribution in [1.29, 1.82) is 0 Å². The van der Waals surface area contributed by atoms with Crippen molar-refractivity contribution in [2.24, 2.45) is 5.73 Å². The molecule has 2 unspecified atom stereocenters. The van der Waals surface area contributed by atoms with Gasteiger partial charge in [0.1, 0.15) is 0 Å². The molecular weight excluding hydrogens is 262 g/mol. The molecule has 0 fully saturated rings. The van der Waals surface area contributed by atoms with Crippen LogP contribution in [0.25, 0.3) is 0 Å². The van der Waals surface area contributed by atoms with Crippen molar-refractivity contribution < 1.29 is 4.79 Å². The van der Waals surface area contributed by atoms with Crippen LogP contribution in [0, 0.1) is 0 Å². The van der Waals surface area contributed by atoms with Crippen molar-refractivity contribution in [3.8, 4) is 0 Å². The van der Waals surface area contributed by atoms with E-state index in [2.05, 4.69) is 22.8 Å². The second-order valence-corrected chi connectivity index (χ2v) is 5.43. The van der Waals surface area contributed by atoms with Crippen LogP contribution in [-0.2, 0) is 4.79 Å². The summed E-state index contributed by atoms with van der Waals surface area (Å²) in [5.41, 5.74) is 10.4. The highest BCUT2D eigenvalue weighted by atomic mass is 16.1. The first-order chi connectivity index (χ1) is 10.1. The Morgan fingerprint density at radius 2 is 1.81 bits per heavy atom. The molecule has 108 valence electrons. The summed E-state index contributed by atoms with van der Waals surface area (Å²) in [6, 6.07) is 16.3. The molecule has 0 bridgehead atoms. The number of carbonyl (C=O) groups is 1. The summed E-state index contributed by atoms with van der Waals surface area (Å²) in [4.78, 5) is 11.1. The van der Waals surface area contributed by atoms with Gasteiger partial charge >= 0.3 is 0 Å². The van der Waals surface area contributed by atoms with Gasteiger partial charge in [0, 0.05) is 24.3 Å². The summed E-state index contributed by atoms with van der Waals surface area (Å²) in [6.45, 7) is 1.51. The largest absolute Gasteiger partial charge is 0.378 e. The van der Waals surface area contributed by atoms with Crippen molar-refractivity contribution in [3.05, 3.63) is 59.7 Å². The third-order valence-electron chi connectivity index (χ3n) is 3.78. The topological polar surface area (TPSA) is 67.2 Å². The average Bonchev–Trinajstić information content (AvgIpc) is 2.76. The molecule has 2 aromatic carbocycles. The summed E-state index contributed by atoms with van der Waals surface area (Å²) in [6.07, 6.45) is 0.879. The molecule has 2 atom stereocenters. The van der Waals surface area contributed by atoms with Crippen molar-refractivity contribution >= 4 is 17.3 Å². The second-order valence-electron chi connectivity index (χ2n) is 5.43. The van der Waals surface area contributed by atoms with Gasteiger partial charge in [0.2, 0.25) is 5.91 Å². The molecule has 1 aliphatic carbocycles. The van der Waals surface area contributed by atoms with Gasteiger partial charge in [-0.2, -0.15) is 0 Å². The highest BCUT2D eigenvalue weighted by Crippen LogP contribution is 2.39. The number of hydrogen-bond donors (Lipinski definition) is 3. The van der Waals surface area contributed by atoms with E-state index in [0.29, 0.717) is 0 Å². The fourth-order valence-electron chi connectivity index (χ4n) is 2.90. The molecule has 0 saturated carbocycles. The van der Waals surface area contributed by atoms with Gasteiger partial charge in [0.15, 0.2) is 0 Å². The predicted molar refractivity (Wildman–Crippen MR) is 85.1 cm³/mol. The van der Waals surface area contributed by atoms with Gasteiger partial charge in [0.25, 0.3) is 0 Å². The quantitative estimate of drug-likeness (QED) is 0.809.